The van der Waals surface area contributed by atoms with Crippen molar-refractivity contribution >= 4 is 11.9 Å². The molecule has 0 aromatic heterocycles. The second-order valence-corrected chi connectivity index (χ2v) is 5.06. The number of carbonyl (C=O) groups excluding carboxylic acids is 1. The number of carboxylic acids is 1. The van der Waals surface area contributed by atoms with Crippen LogP contribution in [0.1, 0.15) is 47.0 Å². The van der Waals surface area contributed by atoms with Crippen LogP contribution >= 0.6 is 0 Å². The zero-order valence-corrected chi connectivity index (χ0v) is 11.0. The summed E-state index contributed by atoms with van der Waals surface area (Å²) in [6.45, 7) is 6.81. The molecular weight excluding hydrogens is 222 g/mol. The first-order valence-electron chi connectivity index (χ1n) is 5.89. The maximum Gasteiger partial charge on any atom is 0.310 e. The standard InChI is InChI=1S/C12H23NO4/c1-5-12(6-2,10(15)16)7-9(14)13-8-11(3,4)17/h17H,5-8H2,1-4H3,(H,13,14)(H,15,16). The summed E-state index contributed by atoms with van der Waals surface area (Å²) in [5.41, 5.74) is -1.98. The lowest BCUT2D eigenvalue weighted by atomic mass is 9.79. The molecule has 3 N–H and O–H groups in total. The summed E-state index contributed by atoms with van der Waals surface area (Å²) in [5, 5.41) is 21.2. The molecule has 0 atom stereocenters. The highest BCUT2D eigenvalue weighted by Gasteiger charge is 2.37. The third-order valence-electron chi connectivity index (χ3n) is 3.02. The van der Waals surface area contributed by atoms with E-state index in [2.05, 4.69) is 5.32 Å². The molecule has 17 heavy (non-hydrogen) atoms. The fraction of sp³-hybridized carbons (Fsp3) is 0.833. The van der Waals surface area contributed by atoms with Gasteiger partial charge in [-0.25, -0.2) is 0 Å². The van der Waals surface area contributed by atoms with Crippen molar-refractivity contribution in [3.8, 4) is 0 Å². The zero-order chi connectivity index (χ0) is 13.7. The molecule has 0 aromatic carbocycles. The normalized spacial score (nSPS) is 12.3. The van der Waals surface area contributed by atoms with Crippen molar-refractivity contribution in [1.29, 1.82) is 0 Å². The van der Waals surface area contributed by atoms with Gasteiger partial charge in [-0.15, -0.1) is 0 Å². The van der Waals surface area contributed by atoms with E-state index >= 15 is 0 Å². The molecule has 0 saturated carbocycles. The molecule has 0 unspecified atom stereocenters. The van der Waals surface area contributed by atoms with Crippen molar-refractivity contribution in [1.82, 2.24) is 5.32 Å². The van der Waals surface area contributed by atoms with Crippen LogP contribution in [0.3, 0.4) is 0 Å². The Morgan fingerprint density at radius 1 is 1.18 bits per heavy atom. The maximum atomic E-state index is 11.6. The Morgan fingerprint density at radius 3 is 1.94 bits per heavy atom. The molecule has 0 aromatic rings. The Balaban J connectivity index is 4.48. The van der Waals surface area contributed by atoms with Crippen LogP contribution < -0.4 is 5.32 Å². The molecule has 0 radical (unpaired) electrons. The minimum atomic E-state index is -0.996. The van der Waals surface area contributed by atoms with Crippen molar-refractivity contribution in [3.63, 3.8) is 0 Å². The highest BCUT2D eigenvalue weighted by atomic mass is 16.4. The third-order valence-corrected chi connectivity index (χ3v) is 3.02. The summed E-state index contributed by atoms with van der Waals surface area (Å²) in [6, 6.07) is 0. The van der Waals surface area contributed by atoms with Crippen LogP contribution in [0.5, 0.6) is 0 Å². The number of aliphatic hydroxyl groups is 1. The van der Waals surface area contributed by atoms with Crippen LogP contribution in [0.2, 0.25) is 0 Å². The van der Waals surface area contributed by atoms with Gasteiger partial charge in [-0.2, -0.15) is 0 Å². The third kappa shape index (κ3) is 5.17. The van der Waals surface area contributed by atoms with Crippen molar-refractivity contribution in [3.05, 3.63) is 0 Å². The Labute approximate surface area is 102 Å². The zero-order valence-electron chi connectivity index (χ0n) is 11.0. The van der Waals surface area contributed by atoms with E-state index in [4.69, 9.17) is 0 Å². The minimum absolute atomic E-state index is 0.0502. The van der Waals surface area contributed by atoms with Gasteiger partial charge >= 0.3 is 5.97 Å². The molecule has 0 aliphatic carbocycles. The average Bonchev–Trinajstić information content (AvgIpc) is 2.22. The van der Waals surface area contributed by atoms with E-state index in [1.54, 1.807) is 27.7 Å². The minimum Gasteiger partial charge on any atom is -0.481 e. The highest BCUT2D eigenvalue weighted by molar-refractivity contribution is 5.84. The van der Waals surface area contributed by atoms with Gasteiger partial charge in [0.05, 0.1) is 11.0 Å². The van der Waals surface area contributed by atoms with Gasteiger partial charge in [-0.3, -0.25) is 9.59 Å². The molecule has 0 saturated heterocycles. The summed E-state index contributed by atoms with van der Waals surface area (Å²) in [5.74, 6) is -1.28. The van der Waals surface area contributed by atoms with Crippen LogP contribution in [0.4, 0.5) is 0 Å². The summed E-state index contributed by atoms with van der Waals surface area (Å²) >= 11 is 0. The van der Waals surface area contributed by atoms with E-state index in [1.165, 1.54) is 0 Å². The van der Waals surface area contributed by atoms with E-state index in [0.29, 0.717) is 12.8 Å². The molecule has 0 aliphatic heterocycles. The molecule has 100 valence electrons. The molecule has 5 nitrogen and oxygen atoms in total. The summed E-state index contributed by atoms with van der Waals surface area (Å²) < 4.78 is 0. The number of aliphatic carboxylic acids is 1. The smallest absolute Gasteiger partial charge is 0.310 e. The Kier molecular flexibility index (Phi) is 5.61. The first kappa shape index (κ1) is 15.9. The second kappa shape index (κ2) is 6.00. The molecule has 0 spiro atoms. The summed E-state index contributed by atoms with van der Waals surface area (Å²) in [7, 11) is 0. The highest BCUT2D eigenvalue weighted by Crippen LogP contribution is 2.30. The van der Waals surface area contributed by atoms with E-state index in [1.807, 2.05) is 0 Å². The van der Waals surface area contributed by atoms with Gasteiger partial charge in [0.25, 0.3) is 0 Å². The van der Waals surface area contributed by atoms with Crippen molar-refractivity contribution in [2.75, 3.05) is 6.54 Å². The van der Waals surface area contributed by atoms with E-state index in [-0.39, 0.29) is 18.9 Å². The lowest BCUT2D eigenvalue weighted by Crippen LogP contribution is -2.42. The molecule has 0 heterocycles. The predicted molar refractivity (Wildman–Crippen MR) is 64.6 cm³/mol. The van der Waals surface area contributed by atoms with Crippen LogP contribution in [0.25, 0.3) is 0 Å². The number of carbonyl (C=O) groups is 2. The number of hydrogen-bond acceptors (Lipinski definition) is 3. The monoisotopic (exact) mass is 245 g/mol. The van der Waals surface area contributed by atoms with E-state index < -0.39 is 17.0 Å². The topological polar surface area (TPSA) is 86.6 Å². The SMILES string of the molecule is CCC(CC)(CC(=O)NCC(C)(C)O)C(=O)O. The number of rotatable bonds is 7. The first-order valence-corrected chi connectivity index (χ1v) is 5.89. The number of carboxylic acid groups (broad SMARTS) is 1. The number of amides is 1. The van der Waals surface area contributed by atoms with Gasteiger partial charge in [0.15, 0.2) is 0 Å². The molecule has 0 rings (SSSR count). The summed E-state index contributed by atoms with van der Waals surface area (Å²) in [4.78, 5) is 22.8. The average molecular weight is 245 g/mol. The molecule has 5 heteroatoms. The lowest BCUT2D eigenvalue weighted by molar-refractivity contribution is -0.152. The second-order valence-electron chi connectivity index (χ2n) is 5.06. The fourth-order valence-electron chi connectivity index (χ4n) is 1.56. The molecule has 0 aliphatic rings. The van der Waals surface area contributed by atoms with Crippen molar-refractivity contribution in [2.45, 2.75) is 52.6 Å². The van der Waals surface area contributed by atoms with Gasteiger partial charge in [-0.05, 0) is 26.7 Å². The largest absolute Gasteiger partial charge is 0.481 e. The summed E-state index contributed by atoms with van der Waals surface area (Å²) in [6.07, 6.45) is 0.773. The molecule has 0 fully saturated rings. The quantitative estimate of drug-likeness (QED) is 0.628. The van der Waals surface area contributed by atoms with Gasteiger partial charge < -0.3 is 15.5 Å². The van der Waals surface area contributed by atoms with Gasteiger partial charge in [-0.1, -0.05) is 13.8 Å². The van der Waals surface area contributed by atoms with Crippen LogP contribution in [-0.4, -0.2) is 34.2 Å². The predicted octanol–water partition coefficient (Wildman–Crippen LogP) is 1.15. The van der Waals surface area contributed by atoms with Gasteiger partial charge in [0.2, 0.25) is 5.91 Å². The van der Waals surface area contributed by atoms with Gasteiger partial charge in [0, 0.05) is 13.0 Å². The Bertz CT molecular complexity index is 277. The Morgan fingerprint density at radius 2 is 1.65 bits per heavy atom. The first-order chi connectivity index (χ1) is 7.67. The van der Waals surface area contributed by atoms with Crippen LogP contribution in [0.15, 0.2) is 0 Å². The van der Waals surface area contributed by atoms with E-state index in [9.17, 15) is 19.8 Å². The van der Waals surface area contributed by atoms with Gasteiger partial charge in [0.1, 0.15) is 0 Å². The molecule has 0 bridgehead atoms. The van der Waals surface area contributed by atoms with Crippen molar-refractivity contribution < 1.29 is 19.8 Å². The van der Waals surface area contributed by atoms with E-state index in [0.717, 1.165) is 0 Å². The molecular formula is C12H23NO4. The van der Waals surface area contributed by atoms with Crippen molar-refractivity contribution in [2.24, 2.45) is 5.41 Å². The molecule has 1 amide bonds. The fourth-order valence-corrected chi connectivity index (χ4v) is 1.56. The van der Waals surface area contributed by atoms with Crippen LogP contribution in [0, 0.1) is 5.41 Å². The number of nitrogens with one attached hydrogen (secondary N) is 1. The lowest BCUT2D eigenvalue weighted by Gasteiger charge is -2.26. The maximum absolute atomic E-state index is 11.6. The Hall–Kier alpha value is -1.10. The van der Waals surface area contributed by atoms with Crippen LogP contribution in [-0.2, 0) is 9.59 Å². The number of hydrogen-bond donors (Lipinski definition) is 3.